The lowest BCUT2D eigenvalue weighted by Gasteiger charge is -2.07. The molecule has 19 heavy (non-hydrogen) atoms. The van der Waals surface area contributed by atoms with Crippen LogP contribution in [-0.2, 0) is 17.5 Å². The second kappa shape index (κ2) is 4.75. The molecule has 0 saturated carbocycles. The summed E-state index contributed by atoms with van der Waals surface area (Å²) >= 11 is 0. The minimum atomic E-state index is -4.39. The topological polar surface area (TPSA) is 60.9 Å². The quantitative estimate of drug-likeness (QED) is 0.927. The molecule has 1 amide bonds. The third-order valence-corrected chi connectivity index (χ3v) is 2.47. The van der Waals surface area contributed by atoms with Crippen LogP contribution >= 0.6 is 0 Å². The van der Waals surface area contributed by atoms with E-state index in [1.54, 1.807) is 6.07 Å². The molecule has 0 aliphatic heterocycles. The van der Waals surface area contributed by atoms with Crippen LogP contribution in [0.25, 0.3) is 11.1 Å². The van der Waals surface area contributed by atoms with Crippen molar-refractivity contribution in [2.45, 2.75) is 12.7 Å². The van der Waals surface area contributed by atoms with Crippen LogP contribution in [-0.4, -0.2) is 15.7 Å². The number of hydrogen-bond donors (Lipinski definition) is 1. The average Bonchev–Trinajstić information content (AvgIpc) is 2.76. The maximum Gasteiger partial charge on any atom is 0.416 e. The molecule has 0 fully saturated rings. The summed E-state index contributed by atoms with van der Waals surface area (Å²) in [6.45, 7) is -0.112. The van der Waals surface area contributed by atoms with Crippen LogP contribution in [0, 0.1) is 0 Å². The Morgan fingerprint density at radius 3 is 2.68 bits per heavy atom. The molecule has 0 aliphatic carbocycles. The molecule has 0 spiro atoms. The summed E-state index contributed by atoms with van der Waals surface area (Å²) in [6.07, 6.45) is -1.53. The van der Waals surface area contributed by atoms with E-state index >= 15 is 0 Å². The van der Waals surface area contributed by atoms with E-state index in [0.717, 1.165) is 12.1 Å². The maximum atomic E-state index is 12.6. The van der Waals surface area contributed by atoms with Crippen molar-refractivity contribution in [3.8, 4) is 11.1 Å². The normalized spacial score (nSPS) is 11.5. The van der Waals surface area contributed by atoms with Gasteiger partial charge in [-0.15, -0.1) is 0 Å². The highest BCUT2D eigenvalue weighted by Gasteiger charge is 2.30. The highest BCUT2D eigenvalue weighted by molar-refractivity contribution is 5.73. The number of carbonyl (C=O) groups excluding carboxylic acids is 1. The van der Waals surface area contributed by atoms with Gasteiger partial charge in [-0.1, -0.05) is 12.1 Å². The molecule has 0 saturated heterocycles. The Hall–Kier alpha value is -2.31. The molecule has 2 N–H and O–H groups in total. The van der Waals surface area contributed by atoms with Crippen molar-refractivity contribution in [1.29, 1.82) is 0 Å². The summed E-state index contributed by atoms with van der Waals surface area (Å²) in [7, 11) is 0. The van der Waals surface area contributed by atoms with E-state index in [9.17, 15) is 18.0 Å². The van der Waals surface area contributed by atoms with Gasteiger partial charge in [0.15, 0.2) is 0 Å². The summed E-state index contributed by atoms with van der Waals surface area (Å²) in [5.74, 6) is -0.571. The van der Waals surface area contributed by atoms with E-state index in [-0.39, 0.29) is 6.54 Å². The third kappa shape index (κ3) is 3.12. The van der Waals surface area contributed by atoms with E-state index in [4.69, 9.17) is 5.73 Å². The molecule has 7 heteroatoms. The monoisotopic (exact) mass is 269 g/mol. The number of aromatic nitrogens is 2. The summed E-state index contributed by atoms with van der Waals surface area (Å²) in [5.41, 5.74) is 5.15. The van der Waals surface area contributed by atoms with Gasteiger partial charge < -0.3 is 5.73 Å². The molecule has 0 aliphatic rings. The third-order valence-electron chi connectivity index (χ3n) is 2.47. The van der Waals surface area contributed by atoms with Crippen LogP contribution in [0.5, 0.6) is 0 Å². The van der Waals surface area contributed by atoms with Gasteiger partial charge in [-0.05, 0) is 17.7 Å². The van der Waals surface area contributed by atoms with Gasteiger partial charge in [-0.3, -0.25) is 9.48 Å². The van der Waals surface area contributed by atoms with E-state index in [1.165, 1.54) is 23.1 Å². The zero-order valence-electron chi connectivity index (χ0n) is 9.69. The van der Waals surface area contributed by atoms with Gasteiger partial charge in [-0.2, -0.15) is 18.3 Å². The molecular formula is C12H10F3N3O. The smallest absolute Gasteiger partial charge is 0.368 e. The van der Waals surface area contributed by atoms with Crippen LogP contribution in [0.3, 0.4) is 0 Å². The number of nitrogens with zero attached hydrogens (tertiary/aromatic N) is 2. The lowest BCUT2D eigenvalue weighted by Crippen LogP contribution is -2.18. The maximum absolute atomic E-state index is 12.6. The number of carbonyl (C=O) groups is 1. The van der Waals surface area contributed by atoms with Gasteiger partial charge in [0.25, 0.3) is 0 Å². The first-order chi connectivity index (χ1) is 8.86. The molecule has 1 heterocycles. The van der Waals surface area contributed by atoms with Crippen molar-refractivity contribution in [1.82, 2.24) is 9.78 Å². The predicted molar refractivity (Wildman–Crippen MR) is 61.9 cm³/mol. The van der Waals surface area contributed by atoms with Gasteiger partial charge >= 0.3 is 6.18 Å². The van der Waals surface area contributed by atoms with Crippen LogP contribution in [0.4, 0.5) is 13.2 Å². The predicted octanol–water partition coefficient (Wildman–Crippen LogP) is 2.05. The largest absolute Gasteiger partial charge is 0.416 e. The fourth-order valence-electron chi connectivity index (χ4n) is 1.63. The summed E-state index contributed by atoms with van der Waals surface area (Å²) in [4.78, 5) is 10.7. The van der Waals surface area contributed by atoms with Crippen LogP contribution in [0.15, 0.2) is 36.7 Å². The van der Waals surface area contributed by atoms with Crippen molar-refractivity contribution in [3.05, 3.63) is 42.2 Å². The summed E-state index contributed by atoms with van der Waals surface area (Å²) in [6, 6.07) is 4.90. The molecular weight excluding hydrogens is 259 g/mol. The Bertz CT molecular complexity index is 604. The lowest BCUT2D eigenvalue weighted by atomic mass is 10.1. The Labute approximate surface area is 106 Å². The van der Waals surface area contributed by atoms with E-state index in [1.807, 2.05) is 0 Å². The number of rotatable bonds is 3. The second-order valence-electron chi connectivity index (χ2n) is 3.97. The van der Waals surface area contributed by atoms with Gasteiger partial charge in [0.1, 0.15) is 6.54 Å². The SMILES string of the molecule is NC(=O)Cn1cc(-c2cccc(C(F)(F)F)c2)cn1. The number of alkyl halides is 3. The molecule has 2 aromatic rings. The first-order valence-corrected chi connectivity index (χ1v) is 5.34. The first-order valence-electron chi connectivity index (χ1n) is 5.34. The van der Waals surface area contributed by atoms with Gasteiger partial charge in [0.2, 0.25) is 5.91 Å². The Morgan fingerprint density at radius 1 is 1.32 bits per heavy atom. The molecule has 0 radical (unpaired) electrons. The molecule has 4 nitrogen and oxygen atoms in total. The molecule has 0 unspecified atom stereocenters. The molecule has 0 atom stereocenters. The van der Waals surface area contributed by atoms with E-state index < -0.39 is 17.6 Å². The average molecular weight is 269 g/mol. The summed E-state index contributed by atoms with van der Waals surface area (Å²) in [5, 5.41) is 3.86. The van der Waals surface area contributed by atoms with Crippen molar-refractivity contribution in [2.24, 2.45) is 5.73 Å². The Morgan fingerprint density at radius 2 is 2.05 bits per heavy atom. The fraction of sp³-hybridized carbons (Fsp3) is 0.167. The van der Waals surface area contributed by atoms with Crippen molar-refractivity contribution in [2.75, 3.05) is 0 Å². The minimum absolute atomic E-state index is 0.112. The van der Waals surface area contributed by atoms with Gasteiger partial charge in [0.05, 0.1) is 11.8 Å². The number of amides is 1. The standard InChI is InChI=1S/C12H10F3N3O/c13-12(14,15)10-3-1-2-8(4-10)9-5-17-18(6-9)7-11(16)19/h1-6H,7H2,(H2,16,19). The van der Waals surface area contributed by atoms with Gasteiger partial charge in [-0.25, -0.2) is 0 Å². The van der Waals surface area contributed by atoms with Crippen LogP contribution in [0.2, 0.25) is 0 Å². The van der Waals surface area contributed by atoms with E-state index in [2.05, 4.69) is 5.10 Å². The van der Waals surface area contributed by atoms with Gasteiger partial charge in [0, 0.05) is 11.8 Å². The highest BCUT2D eigenvalue weighted by atomic mass is 19.4. The molecule has 1 aromatic heterocycles. The zero-order chi connectivity index (χ0) is 14.0. The molecule has 0 bridgehead atoms. The number of primary amides is 1. The lowest BCUT2D eigenvalue weighted by molar-refractivity contribution is -0.137. The van der Waals surface area contributed by atoms with Crippen molar-refractivity contribution >= 4 is 5.91 Å². The van der Waals surface area contributed by atoms with Crippen LogP contribution < -0.4 is 5.73 Å². The number of nitrogens with two attached hydrogens (primary N) is 1. The second-order valence-corrected chi connectivity index (χ2v) is 3.97. The minimum Gasteiger partial charge on any atom is -0.368 e. The molecule has 2 rings (SSSR count). The molecule has 1 aromatic carbocycles. The van der Waals surface area contributed by atoms with Crippen molar-refractivity contribution in [3.63, 3.8) is 0 Å². The number of halogens is 3. The number of hydrogen-bond acceptors (Lipinski definition) is 2. The zero-order valence-corrected chi connectivity index (χ0v) is 9.69. The highest BCUT2D eigenvalue weighted by Crippen LogP contribution is 2.31. The first kappa shape index (κ1) is 13.1. The van der Waals surface area contributed by atoms with Crippen LogP contribution in [0.1, 0.15) is 5.56 Å². The van der Waals surface area contributed by atoms with Crippen molar-refractivity contribution < 1.29 is 18.0 Å². The molecule has 100 valence electrons. The Kier molecular flexibility index (Phi) is 3.28. The van der Waals surface area contributed by atoms with E-state index in [0.29, 0.717) is 11.1 Å². The Balaban J connectivity index is 2.32. The fourth-order valence-corrected chi connectivity index (χ4v) is 1.63. The number of benzene rings is 1. The summed E-state index contributed by atoms with van der Waals surface area (Å²) < 4.78 is 39.0.